The van der Waals surface area contributed by atoms with Crippen LogP contribution in [0.1, 0.15) is 25.5 Å². The lowest BCUT2D eigenvalue weighted by molar-refractivity contribution is -0.131. The second-order valence-electron chi connectivity index (χ2n) is 5.80. The molecule has 2 aromatic rings. The molecule has 1 aromatic carbocycles. The number of H-pyrrole nitrogens is 1. The molecule has 1 aliphatic rings. The van der Waals surface area contributed by atoms with Crippen molar-refractivity contribution < 1.29 is 4.79 Å². The van der Waals surface area contributed by atoms with E-state index in [0.717, 1.165) is 5.39 Å². The van der Waals surface area contributed by atoms with Crippen molar-refractivity contribution in [1.82, 2.24) is 15.1 Å². The van der Waals surface area contributed by atoms with Gasteiger partial charge in [-0.3, -0.25) is 9.59 Å². The third kappa shape index (κ3) is 2.68. The predicted octanol–water partition coefficient (Wildman–Crippen LogP) is 1.72. The number of carbonyl (C=O) groups is 1. The second-order valence-corrected chi connectivity index (χ2v) is 5.80. The molecule has 0 spiro atoms. The van der Waals surface area contributed by atoms with Crippen LogP contribution in [0.3, 0.4) is 0 Å². The molecule has 1 heterocycles. The Balaban J connectivity index is 1.86. The number of nitrogens with one attached hydrogen (secondary N) is 1. The fraction of sp³-hybridized carbons (Fsp3) is 0.438. The number of rotatable bonds is 4. The van der Waals surface area contributed by atoms with Gasteiger partial charge in [0.25, 0.3) is 5.56 Å². The average Bonchev–Trinajstić information content (AvgIpc) is 3.33. The summed E-state index contributed by atoms with van der Waals surface area (Å²) in [5.74, 6) is 0.679. The van der Waals surface area contributed by atoms with Crippen LogP contribution in [-0.4, -0.2) is 34.1 Å². The first kappa shape index (κ1) is 13.8. The van der Waals surface area contributed by atoms with E-state index in [9.17, 15) is 9.59 Å². The van der Waals surface area contributed by atoms with Gasteiger partial charge in [-0.25, -0.2) is 5.10 Å². The molecule has 3 rings (SSSR count). The molecule has 110 valence electrons. The number of benzene rings is 1. The van der Waals surface area contributed by atoms with Crippen LogP contribution in [0.5, 0.6) is 0 Å². The number of fused-ring (bicyclic) bond motifs is 1. The highest BCUT2D eigenvalue weighted by Gasteiger charge is 2.32. The summed E-state index contributed by atoms with van der Waals surface area (Å²) in [7, 11) is 1.85. The molecular formula is C16H19N3O2. The van der Waals surface area contributed by atoms with Gasteiger partial charge in [-0.15, -0.1) is 0 Å². The van der Waals surface area contributed by atoms with Gasteiger partial charge in [-0.1, -0.05) is 18.2 Å². The first-order valence-corrected chi connectivity index (χ1v) is 7.30. The smallest absolute Gasteiger partial charge is 0.272 e. The van der Waals surface area contributed by atoms with Crippen molar-refractivity contribution in [3.8, 4) is 0 Å². The van der Waals surface area contributed by atoms with E-state index in [0.29, 0.717) is 17.0 Å². The maximum atomic E-state index is 12.4. The number of hydrogen-bond donors (Lipinski definition) is 1. The summed E-state index contributed by atoms with van der Waals surface area (Å²) in [5.41, 5.74) is 0.409. The molecule has 1 N–H and O–H groups in total. The summed E-state index contributed by atoms with van der Waals surface area (Å²) in [6.07, 6.45) is 2.63. The van der Waals surface area contributed by atoms with Crippen LogP contribution in [0, 0.1) is 5.92 Å². The van der Waals surface area contributed by atoms with Crippen molar-refractivity contribution in [2.75, 3.05) is 7.05 Å². The summed E-state index contributed by atoms with van der Waals surface area (Å²) in [6, 6.07) is 7.52. The predicted molar refractivity (Wildman–Crippen MR) is 81.0 cm³/mol. The first-order chi connectivity index (χ1) is 10.1. The van der Waals surface area contributed by atoms with E-state index in [1.165, 1.54) is 12.8 Å². The number of amides is 1. The Bertz CT molecular complexity index is 734. The number of aromatic nitrogens is 2. The third-order valence-corrected chi connectivity index (χ3v) is 4.40. The standard InChI is InChI=1S/C16H19N3O2/c1-10(11-7-8-11)19(2)15(20)9-14-12-5-3-4-6-13(12)16(21)18-17-14/h3-6,10-11H,7-9H2,1-2H3,(H,18,21). The van der Waals surface area contributed by atoms with E-state index in [1.807, 2.05) is 25.2 Å². The summed E-state index contributed by atoms with van der Waals surface area (Å²) < 4.78 is 0. The van der Waals surface area contributed by atoms with Crippen LogP contribution in [-0.2, 0) is 11.2 Å². The molecule has 0 bridgehead atoms. The number of hydrogen-bond acceptors (Lipinski definition) is 3. The Morgan fingerprint density at radius 2 is 2.05 bits per heavy atom. The lowest BCUT2D eigenvalue weighted by Gasteiger charge is -2.24. The Morgan fingerprint density at radius 1 is 1.38 bits per heavy atom. The van der Waals surface area contributed by atoms with Crippen molar-refractivity contribution in [3.63, 3.8) is 0 Å². The zero-order valence-corrected chi connectivity index (χ0v) is 12.3. The van der Waals surface area contributed by atoms with Gasteiger partial charge in [0.15, 0.2) is 0 Å². The summed E-state index contributed by atoms with van der Waals surface area (Å²) >= 11 is 0. The molecular weight excluding hydrogens is 266 g/mol. The van der Waals surface area contributed by atoms with Crippen LogP contribution < -0.4 is 5.56 Å². The number of aromatic amines is 1. The molecule has 1 amide bonds. The van der Waals surface area contributed by atoms with Crippen LogP contribution in [0.25, 0.3) is 10.8 Å². The van der Waals surface area contributed by atoms with E-state index in [1.54, 1.807) is 11.0 Å². The topological polar surface area (TPSA) is 66.1 Å². The highest BCUT2D eigenvalue weighted by molar-refractivity contribution is 5.88. The average molecular weight is 285 g/mol. The Labute approximate surface area is 123 Å². The molecule has 1 atom stereocenters. The van der Waals surface area contributed by atoms with Gasteiger partial charge < -0.3 is 4.90 Å². The lowest BCUT2D eigenvalue weighted by atomic mass is 10.1. The van der Waals surface area contributed by atoms with Crippen molar-refractivity contribution in [2.24, 2.45) is 5.92 Å². The normalized spacial score (nSPS) is 15.9. The molecule has 0 aliphatic heterocycles. The minimum Gasteiger partial charge on any atom is -0.342 e. The van der Waals surface area contributed by atoms with E-state index in [-0.39, 0.29) is 23.9 Å². The molecule has 1 unspecified atom stereocenters. The lowest BCUT2D eigenvalue weighted by Crippen LogP contribution is -2.37. The van der Waals surface area contributed by atoms with Crippen molar-refractivity contribution in [2.45, 2.75) is 32.2 Å². The molecule has 0 radical (unpaired) electrons. The zero-order valence-electron chi connectivity index (χ0n) is 12.3. The molecule has 1 aliphatic carbocycles. The molecule has 5 heteroatoms. The number of likely N-dealkylation sites (N-methyl/N-ethyl adjacent to an activating group) is 1. The van der Waals surface area contributed by atoms with Crippen molar-refractivity contribution >= 4 is 16.7 Å². The SMILES string of the molecule is CC(C1CC1)N(C)C(=O)Cc1n[nH]c(=O)c2ccccc12. The summed E-state index contributed by atoms with van der Waals surface area (Å²) in [4.78, 5) is 26.0. The monoisotopic (exact) mass is 285 g/mol. The molecule has 0 saturated heterocycles. The van der Waals surface area contributed by atoms with Crippen molar-refractivity contribution in [1.29, 1.82) is 0 Å². The maximum absolute atomic E-state index is 12.4. The van der Waals surface area contributed by atoms with E-state index >= 15 is 0 Å². The largest absolute Gasteiger partial charge is 0.342 e. The van der Waals surface area contributed by atoms with Gasteiger partial charge >= 0.3 is 0 Å². The van der Waals surface area contributed by atoms with Crippen LogP contribution >= 0.6 is 0 Å². The zero-order chi connectivity index (χ0) is 15.0. The van der Waals surface area contributed by atoms with Gasteiger partial charge in [0.05, 0.1) is 17.5 Å². The summed E-state index contributed by atoms with van der Waals surface area (Å²) in [6.45, 7) is 2.09. The second kappa shape index (κ2) is 5.31. The Morgan fingerprint density at radius 3 is 2.71 bits per heavy atom. The van der Waals surface area contributed by atoms with Crippen LogP contribution in [0.15, 0.2) is 29.1 Å². The number of nitrogens with zero attached hydrogens (tertiary/aromatic N) is 2. The molecule has 5 nitrogen and oxygen atoms in total. The van der Waals surface area contributed by atoms with Gasteiger partial charge in [0.1, 0.15) is 0 Å². The summed E-state index contributed by atoms with van der Waals surface area (Å²) in [5, 5.41) is 7.87. The molecule has 1 fully saturated rings. The Kier molecular flexibility index (Phi) is 3.49. The van der Waals surface area contributed by atoms with Gasteiger partial charge in [0.2, 0.25) is 5.91 Å². The minimum absolute atomic E-state index is 0.0408. The first-order valence-electron chi connectivity index (χ1n) is 7.30. The highest BCUT2D eigenvalue weighted by Crippen LogP contribution is 2.34. The molecule has 1 saturated carbocycles. The maximum Gasteiger partial charge on any atom is 0.272 e. The molecule has 21 heavy (non-hydrogen) atoms. The van der Waals surface area contributed by atoms with E-state index in [4.69, 9.17) is 0 Å². The molecule has 1 aromatic heterocycles. The van der Waals surface area contributed by atoms with Crippen LogP contribution in [0.4, 0.5) is 0 Å². The van der Waals surface area contributed by atoms with Gasteiger partial charge in [0, 0.05) is 18.5 Å². The third-order valence-electron chi connectivity index (χ3n) is 4.40. The van der Waals surface area contributed by atoms with Gasteiger partial charge in [-0.2, -0.15) is 5.10 Å². The van der Waals surface area contributed by atoms with E-state index < -0.39 is 0 Å². The van der Waals surface area contributed by atoms with Crippen LogP contribution in [0.2, 0.25) is 0 Å². The minimum atomic E-state index is -0.221. The van der Waals surface area contributed by atoms with Crippen molar-refractivity contribution in [3.05, 3.63) is 40.3 Å². The van der Waals surface area contributed by atoms with E-state index in [2.05, 4.69) is 17.1 Å². The quantitative estimate of drug-likeness (QED) is 0.930. The fourth-order valence-electron chi connectivity index (χ4n) is 2.70. The Hall–Kier alpha value is -2.17. The van der Waals surface area contributed by atoms with Gasteiger partial charge in [-0.05, 0) is 31.7 Å². The number of carbonyl (C=O) groups excluding carboxylic acids is 1. The highest BCUT2D eigenvalue weighted by atomic mass is 16.2. The fourth-order valence-corrected chi connectivity index (χ4v) is 2.70.